The highest BCUT2D eigenvalue weighted by Gasteiger charge is 2.12. The molecule has 3 aromatic rings. The van der Waals surface area contributed by atoms with Crippen molar-refractivity contribution in [1.29, 1.82) is 0 Å². The summed E-state index contributed by atoms with van der Waals surface area (Å²) in [6, 6.07) is 7.67. The van der Waals surface area contributed by atoms with Crippen LogP contribution in [0.15, 0.2) is 36.7 Å². The summed E-state index contributed by atoms with van der Waals surface area (Å²) in [4.78, 5) is 12.6. The summed E-state index contributed by atoms with van der Waals surface area (Å²) in [6.07, 6.45) is 3.17. The maximum absolute atomic E-state index is 5.89. The van der Waals surface area contributed by atoms with E-state index in [1.807, 2.05) is 24.3 Å². The van der Waals surface area contributed by atoms with E-state index in [9.17, 15) is 0 Å². The van der Waals surface area contributed by atoms with Crippen LogP contribution < -0.4 is 16.2 Å². The third kappa shape index (κ3) is 1.97. The molecule has 0 fully saturated rings. The average molecular weight is 267 g/mol. The molecule has 0 saturated heterocycles. The van der Waals surface area contributed by atoms with Crippen molar-refractivity contribution >= 4 is 22.4 Å². The van der Waals surface area contributed by atoms with E-state index in [4.69, 9.17) is 16.2 Å². The van der Waals surface area contributed by atoms with Crippen molar-refractivity contribution in [3.05, 3.63) is 36.7 Å². The molecule has 1 aromatic carbocycles. The van der Waals surface area contributed by atoms with Crippen LogP contribution in [0.4, 0.5) is 11.6 Å². The van der Waals surface area contributed by atoms with E-state index >= 15 is 0 Å². The van der Waals surface area contributed by atoms with Gasteiger partial charge in [0.05, 0.1) is 13.3 Å². The van der Waals surface area contributed by atoms with Crippen molar-refractivity contribution in [1.82, 2.24) is 15.0 Å². The van der Waals surface area contributed by atoms with Crippen LogP contribution in [-0.4, -0.2) is 22.1 Å². The number of hydrogen-bond donors (Lipinski definition) is 2. The number of rotatable bonds is 2. The van der Waals surface area contributed by atoms with Gasteiger partial charge in [0.25, 0.3) is 0 Å². The van der Waals surface area contributed by atoms with E-state index in [0.717, 1.165) is 16.5 Å². The molecule has 0 unspecified atom stereocenters. The highest BCUT2D eigenvalue weighted by molar-refractivity contribution is 5.96. The maximum Gasteiger partial charge on any atom is 0.154 e. The fourth-order valence-corrected chi connectivity index (χ4v) is 2.06. The molecule has 0 aliphatic heterocycles. The largest absolute Gasteiger partial charge is 0.497 e. The molecule has 4 N–H and O–H groups in total. The summed E-state index contributed by atoms with van der Waals surface area (Å²) in [7, 11) is 1.62. The average Bonchev–Trinajstić information content (AvgIpc) is 2.46. The van der Waals surface area contributed by atoms with Crippen molar-refractivity contribution in [2.24, 2.45) is 0 Å². The molecule has 0 atom stereocenters. The van der Waals surface area contributed by atoms with Crippen molar-refractivity contribution in [2.45, 2.75) is 0 Å². The molecular weight excluding hydrogens is 254 g/mol. The van der Waals surface area contributed by atoms with Crippen molar-refractivity contribution in [3.8, 4) is 17.1 Å². The van der Waals surface area contributed by atoms with Gasteiger partial charge in [0.1, 0.15) is 23.0 Å². The van der Waals surface area contributed by atoms with Gasteiger partial charge in [-0.05, 0) is 23.6 Å². The SMILES string of the molecule is COc1ccc2ccnc(-c3ncc(N)nc3N)c2c1. The van der Waals surface area contributed by atoms with Gasteiger partial charge >= 0.3 is 0 Å². The van der Waals surface area contributed by atoms with Gasteiger partial charge in [-0.25, -0.2) is 9.97 Å². The normalized spacial score (nSPS) is 10.7. The summed E-state index contributed by atoms with van der Waals surface area (Å²) in [5.74, 6) is 1.28. The van der Waals surface area contributed by atoms with Crippen LogP contribution in [0, 0.1) is 0 Å². The summed E-state index contributed by atoms with van der Waals surface area (Å²) in [5.41, 5.74) is 12.6. The fourth-order valence-electron chi connectivity index (χ4n) is 2.06. The standard InChI is InChI=1S/C14H13N5O/c1-20-9-3-2-8-4-5-17-12(10(8)6-9)13-14(16)19-11(15)7-18-13/h2-7H,1H3,(H4,15,16,19). The minimum absolute atomic E-state index is 0.257. The molecular formula is C14H13N5O. The first-order valence-corrected chi connectivity index (χ1v) is 6.00. The number of pyridine rings is 1. The fraction of sp³-hybridized carbons (Fsp3) is 0.0714. The summed E-state index contributed by atoms with van der Waals surface area (Å²) < 4.78 is 5.25. The number of aromatic nitrogens is 3. The Balaban J connectivity index is 2.29. The Hall–Kier alpha value is -2.89. The van der Waals surface area contributed by atoms with Gasteiger partial charge in [-0.1, -0.05) is 6.07 Å². The number of nitrogens with zero attached hydrogens (tertiary/aromatic N) is 3. The second-order valence-corrected chi connectivity index (χ2v) is 4.28. The van der Waals surface area contributed by atoms with Crippen molar-refractivity contribution in [3.63, 3.8) is 0 Å². The Morgan fingerprint density at radius 3 is 2.65 bits per heavy atom. The molecule has 3 rings (SSSR count). The van der Waals surface area contributed by atoms with E-state index in [1.165, 1.54) is 6.20 Å². The van der Waals surface area contributed by atoms with Crippen LogP contribution in [-0.2, 0) is 0 Å². The minimum Gasteiger partial charge on any atom is -0.497 e. The van der Waals surface area contributed by atoms with E-state index in [2.05, 4.69) is 15.0 Å². The molecule has 6 nitrogen and oxygen atoms in total. The highest BCUT2D eigenvalue weighted by atomic mass is 16.5. The zero-order chi connectivity index (χ0) is 14.1. The Morgan fingerprint density at radius 1 is 1.05 bits per heavy atom. The van der Waals surface area contributed by atoms with Gasteiger partial charge in [-0.3, -0.25) is 4.98 Å². The predicted octanol–water partition coefficient (Wildman–Crippen LogP) is 1.86. The lowest BCUT2D eigenvalue weighted by molar-refractivity contribution is 0.415. The molecule has 2 heterocycles. The van der Waals surface area contributed by atoms with E-state index < -0.39 is 0 Å². The third-order valence-corrected chi connectivity index (χ3v) is 3.02. The molecule has 6 heteroatoms. The molecule has 0 aliphatic carbocycles. The number of nitrogen functional groups attached to an aromatic ring is 2. The number of nitrogens with two attached hydrogens (primary N) is 2. The van der Waals surface area contributed by atoms with Gasteiger partial charge in [-0.2, -0.15) is 0 Å². The number of fused-ring (bicyclic) bond motifs is 1. The minimum atomic E-state index is 0.257. The van der Waals surface area contributed by atoms with Gasteiger partial charge in [-0.15, -0.1) is 0 Å². The molecule has 0 aliphatic rings. The van der Waals surface area contributed by atoms with Gasteiger partial charge in [0, 0.05) is 11.6 Å². The van der Waals surface area contributed by atoms with Crippen molar-refractivity contribution < 1.29 is 4.74 Å². The Kier molecular flexibility index (Phi) is 2.83. The van der Waals surface area contributed by atoms with Crippen LogP contribution in [0.25, 0.3) is 22.2 Å². The van der Waals surface area contributed by atoms with Gasteiger partial charge in [0.15, 0.2) is 5.82 Å². The summed E-state index contributed by atoms with van der Waals surface area (Å²) in [5, 5.41) is 1.92. The number of hydrogen-bond acceptors (Lipinski definition) is 6. The first-order valence-electron chi connectivity index (χ1n) is 6.00. The number of benzene rings is 1. The van der Waals surface area contributed by atoms with Crippen LogP contribution in [0.2, 0.25) is 0 Å². The highest BCUT2D eigenvalue weighted by Crippen LogP contribution is 2.30. The lowest BCUT2D eigenvalue weighted by atomic mass is 10.1. The predicted molar refractivity (Wildman–Crippen MR) is 78.1 cm³/mol. The number of anilines is 2. The molecule has 0 saturated carbocycles. The van der Waals surface area contributed by atoms with E-state index in [1.54, 1.807) is 13.3 Å². The molecule has 20 heavy (non-hydrogen) atoms. The molecule has 2 aromatic heterocycles. The second-order valence-electron chi connectivity index (χ2n) is 4.28. The first kappa shape index (κ1) is 12.2. The zero-order valence-electron chi connectivity index (χ0n) is 10.9. The van der Waals surface area contributed by atoms with Gasteiger partial charge < -0.3 is 16.2 Å². The van der Waals surface area contributed by atoms with Crippen molar-refractivity contribution in [2.75, 3.05) is 18.6 Å². The maximum atomic E-state index is 5.89. The second kappa shape index (κ2) is 4.65. The lowest BCUT2D eigenvalue weighted by Gasteiger charge is -2.08. The topological polar surface area (TPSA) is 99.9 Å². The lowest BCUT2D eigenvalue weighted by Crippen LogP contribution is -2.02. The zero-order valence-corrected chi connectivity index (χ0v) is 10.9. The van der Waals surface area contributed by atoms with Gasteiger partial charge in [0.2, 0.25) is 0 Å². The van der Waals surface area contributed by atoms with Crippen LogP contribution in [0.3, 0.4) is 0 Å². The van der Waals surface area contributed by atoms with Crippen LogP contribution >= 0.6 is 0 Å². The first-order chi connectivity index (χ1) is 9.69. The van der Waals surface area contributed by atoms with Crippen LogP contribution in [0.5, 0.6) is 5.75 Å². The van der Waals surface area contributed by atoms with E-state index in [-0.39, 0.29) is 11.6 Å². The Bertz CT molecular complexity index is 788. The molecule has 100 valence electrons. The Labute approximate surface area is 115 Å². The summed E-state index contributed by atoms with van der Waals surface area (Å²) in [6.45, 7) is 0. The number of methoxy groups -OCH3 is 1. The van der Waals surface area contributed by atoms with E-state index in [0.29, 0.717) is 11.4 Å². The number of ether oxygens (including phenoxy) is 1. The smallest absolute Gasteiger partial charge is 0.154 e. The molecule has 0 bridgehead atoms. The molecule has 0 amide bonds. The molecule has 0 radical (unpaired) electrons. The molecule has 0 spiro atoms. The quantitative estimate of drug-likeness (QED) is 0.735. The Morgan fingerprint density at radius 2 is 1.90 bits per heavy atom. The van der Waals surface area contributed by atoms with Crippen LogP contribution in [0.1, 0.15) is 0 Å². The summed E-state index contributed by atoms with van der Waals surface area (Å²) >= 11 is 0. The monoisotopic (exact) mass is 267 g/mol. The third-order valence-electron chi connectivity index (χ3n) is 3.02.